The second-order valence-electron chi connectivity index (χ2n) is 5.45. The SMILES string of the molecule is CCOS(=O)(=O)n1nc(-c2ccccc2)c(-c2ccccc2)c(C#N)c1=O. The Kier molecular flexibility index (Phi) is 5.16. The van der Waals surface area contributed by atoms with Gasteiger partial charge in [0.15, 0.2) is 0 Å². The molecule has 0 saturated heterocycles. The summed E-state index contributed by atoms with van der Waals surface area (Å²) < 4.78 is 29.6. The summed E-state index contributed by atoms with van der Waals surface area (Å²) in [6.45, 7) is 1.31. The molecular weight excluding hydrogens is 366 g/mol. The zero-order valence-corrected chi connectivity index (χ0v) is 15.2. The van der Waals surface area contributed by atoms with E-state index in [4.69, 9.17) is 4.18 Å². The lowest BCUT2D eigenvalue weighted by Gasteiger charge is -2.14. The molecule has 0 spiro atoms. The number of nitrogens with zero attached hydrogens (tertiary/aromatic N) is 3. The molecule has 0 aliphatic heterocycles. The van der Waals surface area contributed by atoms with E-state index in [1.807, 2.05) is 6.07 Å². The van der Waals surface area contributed by atoms with Gasteiger partial charge in [0.2, 0.25) is 0 Å². The molecule has 1 aromatic heterocycles. The van der Waals surface area contributed by atoms with Crippen LogP contribution in [0.4, 0.5) is 0 Å². The van der Waals surface area contributed by atoms with Crippen molar-refractivity contribution < 1.29 is 12.6 Å². The Hall–Kier alpha value is -3.28. The zero-order valence-electron chi connectivity index (χ0n) is 14.4. The van der Waals surface area contributed by atoms with Crippen LogP contribution in [-0.2, 0) is 14.5 Å². The van der Waals surface area contributed by atoms with Crippen molar-refractivity contribution in [2.75, 3.05) is 6.61 Å². The average molecular weight is 381 g/mol. The van der Waals surface area contributed by atoms with Crippen molar-refractivity contribution in [1.82, 2.24) is 9.19 Å². The molecule has 8 heteroatoms. The first-order valence-corrected chi connectivity index (χ1v) is 9.44. The van der Waals surface area contributed by atoms with Crippen LogP contribution in [0.1, 0.15) is 12.5 Å². The molecule has 0 saturated carbocycles. The maximum Gasteiger partial charge on any atom is 0.384 e. The number of hydrogen-bond acceptors (Lipinski definition) is 6. The molecule has 0 atom stereocenters. The van der Waals surface area contributed by atoms with Crippen molar-refractivity contribution in [1.29, 1.82) is 5.26 Å². The number of nitriles is 1. The lowest BCUT2D eigenvalue weighted by Crippen LogP contribution is -2.34. The van der Waals surface area contributed by atoms with E-state index in [2.05, 4.69) is 5.10 Å². The fourth-order valence-corrected chi connectivity index (χ4v) is 3.52. The van der Waals surface area contributed by atoms with Gasteiger partial charge in [0.1, 0.15) is 17.3 Å². The van der Waals surface area contributed by atoms with Gasteiger partial charge in [-0.1, -0.05) is 64.8 Å². The molecule has 2 aromatic carbocycles. The van der Waals surface area contributed by atoms with Gasteiger partial charge in [0.25, 0.3) is 0 Å². The molecule has 0 unspecified atom stereocenters. The zero-order chi connectivity index (χ0) is 19.4. The minimum atomic E-state index is -4.46. The first-order valence-electron chi connectivity index (χ1n) is 8.07. The van der Waals surface area contributed by atoms with Crippen LogP contribution < -0.4 is 5.56 Å². The van der Waals surface area contributed by atoms with E-state index in [1.54, 1.807) is 60.7 Å². The Morgan fingerprint density at radius 3 is 2.11 bits per heavy atom. The third-order valence-electron chi connectivity index (χ3n) is 3.77. The largest absolute Gasteiger partial charge is 0.384 e. The van der Waals surface area contributed by atoms with E-state index in [-0.39, 0.29) is 27.5 Å². The molecule has 136 valence electrons. The van der Waals surface area contributed by atoms with Crippen molar-refractivity contribution in [3.05, 3.63) is 76.6 Å². The van der Waals surface area contributed by atoms with E-state index in [9.17, 15) is 18.5 Å². The summed E-state index contributed by atoms with van der Waals surface area (Å²) in [5.41, 5.74) is 0.244. The maximum absolute atomic E-state index is 12.7. The Balaban J connectivity index is 2.46. The highest BCUT2D eigenvalue weighted by Gasteiger charge is 2.26. The maximum atomic E-state index is 12.7. The number of hydrogen-bond donors (Lipinski definition) is 0. The lowest BCUT2D eigenvalue weighted by molar-refractivity contribution is 0.327. The fourth-order valence-electron chi connectivity index (χ4n) is 2.65. The molecule has 0 N–H and O–H groups in total. The van der Waals surface area contributed by atoms with Crippen molar-refractivity contribution in [2.45, 2.75) is 6.92 Å². The first-order chi connectivity index (χ1) is 13.0. The van der Waals surface area contributed by atoms with Crippen molar-refractivity contribution >= 4 is 10.3 Å². The van der Waals surface area contributed by atoms with Crippen LogP contribution in [0.5, 0.6) is 0 Å². The molecule has 0 amide bonds. The van der Waals surface area contributed by atoms with Gasteiger partial charge >= 0.3 is 15.9 Å². The second-order valence-corrected chi connectivity index (χ2v) is 6.89. The predicted octanol–water partition coefficient (Wildman–Crippen LogP) is 2.58. The molecule has 0 fully saturated rings. The van der Waals surface area contributed by atoms with Crippen LogP contribution >= 0.6 is 0 Å². The molecule has 27 heavy (non-hydrogen) atoms. The minimum Gasteiger partial charge on any atom is -0.265 e. The van der Waals surface area contributed by atoms with Gasteiger partial charge in [-0.05, 0) is 12.5 Å². The van der Waals surface area contributed by atoms with Crippen molar-refractivity contribution in [3.8, 4) is 28.5 Å². The second kappa shape index (κ2) is 7.53. The molecule has 0 radical (unpaired) electrons. The molecule has 0 aliphatic rings. The van der Waals surface area contributed by atoms with E-state index in [0.717, 1.165) is 0 Å². The van der Waals surface area contributed by atoms with Gasteiger partial charge in [0, 0.05) is 11.1 Å². The Labute approximate surface area is 156 Å². The van der Waals surface area contributed by atoms with E-state index < -0.39 is 15.9 Å². The summed E-state index contributed by atoms with van der Waals surface area (Å²) in [5, 5.41) is 13.7. The van der Waals surface area contributed by atoms with Gasteiger partial charge in [-0.3, -0.25) is 8.98 Å². The minimum absolute atomic E-state index is 0.167. The Morgan fingerprint density at radius 1 is 1.04 bits per heavy atom. The number of benzene rings is 2. The lowest BCUT2D eigenvalue weighted by atomic mass is 9.96. The standard InChI is InChI=1S/C19H15N3O4S/c1-2-26-27(24,25)22-19(23)16(13-20)17(14-9-5-3-6-10-14)18(21-22)15-11-7-4-8-12-15/h3-12H,2H2,1H3. The normalized spacial score (nSPS) is 11.1. The van der Waals surface area contributed by atoms with Crippen LogP contribution in [0.15, 0.2) is 65.5 Å². The van der Waals surface area contributed by atoms with E-state index >= 15 is 0 Å². The highest BCUT2D eigenvalue weighted by molar-refractivity contribution is 7.85. The monoisotopic (exact) mass is 381 g/mol. The summed E-state index contributed by atoms with van der Waals surface area (Å²) in [6.07, 6.45) is 0. The van der Waals surface area contributed by atoms with Gasteiger partial charge in [0.05, 0.1) is 6.61 Å². The molecule has 0 aliphatic carbocycles. The molecular formula is C19H15N3O4S. The Morgan fingerprint density at radius 2 is 1.59 bits per heavy atom. The third-order valence-corrected chi connectivity index (χ3v) is 4.97. The third kappa shape index (κ3) is 3.51. The van der Waals surface area contributed by atoms with Gasteiger partial charge in [-0.2, -0.15) is 18.8 Å². The highest BCUT2D eigenvalue weighted by atomic mass is 32.2. The van der Waals surface area contributed by atoms with Crippen molar-refractivity contribution in [2.24, 2.45) is 0 Å². The summed E-state index contributed by atoms with van der Waals surface area (Å²) in [6, 6.07) is 19.3. The highest BCUT2D eigenvalue weighted by Crippen LogP contribution is 2.31. The summed E-state index contributed by atoms with van der Waals surface area (Å²) in [4.78, 5) is 12.7. The van der Waals surface area contributed by atoms with E-state index in [1.165, 1.54) is 6.92 Å². The predicted molar refractivity (Wildman–Crippen MR) is 100 cm³/mol. The molecule has 0 bridgehead atoms. The van der Waals surface area contributed by atoms with Crippen LogP contribution in [0.3, 0.4) is 0 Å². The molecule has 3 rings (SSSR count). The Bertz CT molecular complexity index is 1170. The fraction of sp³-hybridized carbons (Fsp3) is 0.105. The quantitative estimate of drug-likeness (QED) is 0.673. The van der Waals surface area contributed by atoms with Gasteiger partial charge < -0.3 is 0 Å². The van der Waals surface area contributed by atoms with E-state index in [0.29, 0.717) is 11.1 Å². The molecule has 1 heterocycles. The van der Waals surface area contributed by atoms with Crippen molar-refractivity contribution in [3.63, 3.8) is 0 Å². The van der Waals surface area contributed by atoms with Gasteiger partial charge in [-0.15, -0.1) is 0 Å². The number of aromatic nitrogens is 2. The summed E-state index contributed by atoms with van der Waals surface area (Å²) in [7, 11) is -4.46. The smallest absolute Gasteiger partial charge is 0.265 e. The molecule has 7 nitrogen and oxygen atoms in total. The first kappa shape index (κ1) is 18.5. The summed E-state index contributed by atoms with van der Waals surface area (Å²) >= 11 is 0. The average Bonchev–Trinajstić information content (AvgIpc) is 2.68. The van der Waals surface area contributed by atoms with Crippen LogP contribution in [-0.4, -0.2) is 24.2 Å². The van der Waals surface area contributed by atoms with Gasteiger partial charge in [-0.25, -0.2) is 0 Å². The van der Waals surface area contributed by atoms with Crippen LogP contribution in [0.25, 0.3) is 22.4 Å². The van der Waals surface area contributed by atoms with Crippen LogP contribution in [0.2, 0.25) is 0 Å². The number of rotatable bonds is 5. The topological polar surface area (TPSA) is 102 Å². The molecule has 3 aromatic rings. The van der Waals surface area contributed by atoms with Crippen LogP contribution in [0, 0.1) is 11.3 Å². The summed E-state index contributed by atoms with van der Waals surface area (Å²) in [5.74, 6) is 0.